The molecule has 3 N–H and O–H groups in total. The number of likely N-dealkylation sites (N-methyl/N-ethyl adjacent to an activating group) is 1. The van der Waals surface area contributed by atoms with Crippen LogP contribution >= 0.6 is 12.4 Å². The lowest BCUT2D eigenvalue weighted by Crippen LogP contribution is -2.31. The maximum absolute atomic E-state index is 11.4. The predicted molar refractivity (Wildman–Crippen MR) is 80.4 cm³/mol. The van der Waals surface area contributed by atoms with Crippen LogP contribution < -0.4 is 16.0 Å². The molecule has 1 amide bonds. The van der Waals surface area contributed by atoms with E-state index in [1.807, 2.05) is 7.05 Å². The van der Waals surface area contributed by atoms with Gasteiger partial charge < -0.3 is 16.0 Å². The Morgan fingerprint density at radius 1 is 1.25 bits per heavy atom. The molecule has 0 saturated heterocycles. The minimum Gasteiger partial charge on any atom is -0.379 e. The summed E-state index contributed by atoms with van der Waals surface area (Å²) in [6, 6.07) is 6.36. The number of carbonyl (C=O) groups excluding carboxylic acids is 1. The normalized spacial score (nSPS) is 9.45. The maximum Gasteiger partial charge on any atom is 0.292 e. The maximum atomic E-state index is 11.4. The number of carbonyl (C=O) groups is 1. The molecule has 7 nitrogen and oxygen atoms in total. The number of hydrogen-bond donors (Lipinski definition) is 3. The van der Waals surface area contributed by atoms with Gasteiger partial charge in [-0.3, -0.25) is 14.9 Å². The fourth-order valence-electron chi connectivity index (χ4n) is 1.51. The number of anilines is 1. The van der Waals surface area contributed by atoms with Gasteiger partial charge in [-0.2, -0.15) is 0 Å². The van der Waals surface area contributed by atoms with E-state index in [2.05, 4.69) is 16.0 Å². The zero-order valence-corrected chi connectivity index (χ0v) is 12.0. The highest BCUT2D eigenvalue weighted by Gasteiger charge is 2.11. The largest absolute Gasteiger partial charge is 0.379 e. The molecule has 1 rings (SSSR count). The fourth-order valence-corrected chi connectivity index (χ4v) is 1.51. The first-order valence-corrected chi connectivity index (χ1v) is 6.03. The van der Waals surface area contributed by atoms with Gasteiger partial charge in [0.2, 0.25) is 5.91 Å². The smallest absolute Gasteiger partial charge is 0.292 e. The molecule has 1 aromatic rings. The van der Waals surface area contributed by atoms with Crippen molar-refractivity contribution in [1.82, 2.24) is 10.6 Å². The van der Waals surface area contributed by atoms with Crippen molar-refractivity contribution in [3.05, 3.63) is 34.4 Å². The molecule has 0 heterocycles. The molecule has 0 radical (unpaired) electrons. The fraction of sp³-hybridized carbons (Fsp3) is 0.417. The van der Waals surface area contributed by atoms with E-state index in [4.69, 9.17) is 0 Å². The summed E-state index contributed by atoms with van der Waals surface area (Å²) in [4.78, 5) is 21.7. The number of nitro benzene ring substituents is 1. The lowest BCUT2D eigenvalue weighted by atomic mass is 10.2. The van der Waals surface area contributed by atoms with E-state index >= 15 is 0 Å². The van der Waals surface area contributed by atoms with Crippen molar-refractivity contribution in [2.75, 3.05) is 32.0 Å². The van der Waals surface area contributed by atoms with Gasteiger partial charge in [-0.1, -0.05) is 12.1 Å². The summed E-state index contributed by atoms with van der Waals surface area (Å²) < 4.78 is 0. The number of nitro groups is 1. The zero-order chi connectivity index (χ0) is 14.1. The van der Waals surface area contributed by atoms with Gasteiger partial charge in [0.15, 0.2) is 0 Å². The predicted octanol–water partition coefficient (Wildman–Crippen LogP) is 1.15. The Kier molecular flexibility index (Phi) is 9.06. The van der Waals surface area contributed by atoms with Crippen molar-refractivity contribution in [3.8, 4) is 0 Å². The van der Waals surface area contributed by atoms with Crippen molar-refractivity contribution in [2.45, 2.75) is 6.42 Å². The summed E-state index contributed by atoms with van der Waals surface area (Å²) in [7, 11) is 1.81. The van der Waals surface area contributed by atoms with E-state index in [9.17, 15) is 14.9 Å². The molecule has 1 aromatic carbocycles. The quantitative estimate of drug-likeness (QED) is 0.380. The summed E-state index contributed by atoms with van der Waals surface area (Å²) in [5.41, 5.74) is 0.439. The molecule has 0 aliphatic carbocycles. The molecule has 0 saturated carbocycles. The summed E-state index contributed by atoms with van der Waals surface area (Å²) in [6.07, 6.45) is 0.274. The first-order chi connectivity index (χ1) is 9.15. The number of hydrogen-bond acceptors (Lipinski definition) is 5. The van der Waals surface area contributed by atoms with Gasteiger partial charge in [0.1, 0.15) is 5.69 Å². The van der Waals surface area contributed by atoms with Gasteiger partial charge in [0, 0.05) is 32.1 Å². The Bertz CT molecular complexity index is 442. The molecule has 8 heteroatoms. The minimum atomic E-state index is -0.449. The third-order valence-electron chi connectivity index (χ3n) is 2.47. The van der Waals surface area contributed by atoms with Crippen molar-refractivity contribution in [2.24, 2.45) is 0 Å². The molecule has 0 aliphatic rings. The van der Waals surface area contributed by atoms with Crippen LogP contribution in [0.4, 0.5) is 11.4 Å². The number of nitrogens with zero attached hydrogens (tertiary/aromatic N) is 1. The molecular formula is C12H19ClN4O3. The first-order valence-electron chi connectivity index (χ1n) is 6.03. The number of halogens is 1. The first kappa shape index (κ1) is 18.1. The second-order valence-corrected chi connectivity index (χ2v) is 3.90. The van der Waals surface area contributed by atoms with E-state index in [0.717, 1.165) is 0 Å². The Hall–Kier alpha value is -1.86. The SMILES string of the molecule is CNCCNC(=O)CCNc1ccccc1[N+](=O)[O-].Cl. The Morgan fingerprint density at radius 2 is 1.95 bits per heavy atom. The van der Waals surface area contributed by atoms with E-state index in [-0.39, 0.29) is 30.4 Å². The lowest BCUT2D eigenvalue weighted by Gasteiger charge is -2.07. The van der Waals surface area contributed by atoms with E-state index in [1.54, 1.807) is 18.2 Å². The van der Waals surface area contributed by atoms with Crippen LogP contribution in [0, 0.1) is 10.1 Å². The highest BCUT2D eigenvalue weighted by Crippen LogP contribution is 2.22. The summed E-state index contributed by atoms with van der Waals surface area (Å²) in [6.45, 7) is 1.64. The van der Waals surface area contributed by atoms with Gasteiger partial charge in [-0.15, -0.1) is 12.4 Å². The Balaban J connectivity index is 0.00000361. The third kappa shape index (κ3) is 6.35. The number of amides is 1. The second-order valence-electron chi connectivity index (χ2n) is 3.90. The topological polar surface area (TPSA) is 96.3 Å². The van der Waals surface area contributed by atoms with Gasteiger partial charge in [0.25, 0.3) is 5.69 Å². The average molecular weight is 303 g/mol. The molecule has 0 aliphatic heterocycles. The van der Waals surface area contributed by atoms with Crippen molar-refractivity contribution >= 4 is 29.7 Å². The second kappa shape index (κ2) is 9.99. The van der Waals surface area contributed by atoms with E-state index < -0.39 is 4.92 Å². The van der Waals surface area contributed by atoms with Gasteiger partial charge in [0.05, 0.1) is 4.92 Å². The Labute approximate surface area is 123 Å². The average Bonchev–Trinajstić information content (AvgIpc) is 2.39. The van der Waals surface area contributed by atoms with E-state index in [0.29, 0.717) is 25.3 Å². The number of para-hydroxylation sites is 2. The highest BCUT2D eigenvalue weighted by molar-refractivity contribution is 5.85. The number of rotatable bonds is 8. The van der Waals surface area contributed by atoms with Crippen LogP contribution in [0.3, 0.4) is 0 Å². The van der Waals surface area contributed by atoms with Crippen molar-refractivity contribution in [3.63, 3.8) is 0 Å². The molecule has 0 atom stereocenters. The van der Waals surface area contributed by atoms with Crippen LogP contribution in [0.15, 0.2) is 24.3 Å². The molecular weight excluding hydrogens is 284 g/mol. The standard InChI is InChI=1S/C12H18N4O3.ClH/c1-13-8-9-15-12(17)6-7-14-10-4-2-3-5-11(10)16(18)19;/h2-5,13-14H,6-9H2,1H3,(H,15,17);1H. The van der Waals surface area contributed by atoms with Crippen LogP contribution in [0.2, 0.25) is 0 Å². The molecule has 0 fully saturated rings. The number of benzene rings is 1. The monoisotopic (exact) mass is 302 g/mol. The molecule has 0 bridgehead atoms. The Morgan fingerprint density at radius 3 is 2.60 bits per heavy atom. The zero-order valence-electron chi connectivity index (χ0n) is 11.2. The molecule has 20 heavy (non-hydrogen) atoms. The van der Waals surface area contributed by atoms with Gasteiger partial charge in [-0.25, -0.2) is 0 Å². The minimum absolute atomic E-state index is 0. The third-order valence-corrected chi connectivity index (χ3v) is 2.47. The lowest BCUT2D eigenvalue weighted by molar-refractivity contribution is -0.384. The van der Waals surface area contributed by atoms with Crippen LogP contribution in [0.5, 0.6) is 0 Å². The summed E-state index contributed by atoms with van der Waals surface area (Å²) in [5, 5.41) is 19.3. The summed E-state index contributed by atoms with van der Waals surface area (Å²) in [5.74, 6) is -0.0821. The summed E-state index contributed by atoms with van der Waals surface area (Å²) >= 11 is 0. The van der Waals surface area contributed by atoms with Crippen molar-refractivity contribution in [1.29, 1.82) is 0 Å². The van der Waals surface area contributed by atoms with Gasteiger partial charge >= 0.3 is 0 Å². The molecule has 112 valence electrons. The van der Waals surface area contributed by atoms with Crippen LogP contribution in [0.25, 0.3) is 0 Å². The van der Waals surface area contributed by atoms with Crippen molar-refractivity contribution < 1.29 is 9.72 Å². The van der Waals surface area contributed by atoms with E-state index in [1.165, 1.54) is 6.07 Å². The van der Waals surface area contributed by atoms with Crippen LogP contribution in [-0.2, 0) is 4.79 Å². The van der Waals surface area contributed by atoms with Crippen LogP contribution in [0.1, 0.15) is 6.42 Å². The van der Waals surface area contributed by atoms with Gasteiger partial charge in [-0.05, 0) is 13.1 Å². The molecule has 0 unspecified atom stereocenters. The molecule has 0 spiro atoms. The molecule has 0 aromatic heterocycles. The number of nitrogens with one attached hydrogen (secondary N) is 3. The highest BCUT2D eigenvalue weighted by atomic mass is 35.5. The van der Waals surface area contributed by atoms with Crippen LogP contribution in [-0.4, -0.2) is 37.5 Å².